The first kappa shape index (κ1) is 15.6. The number of carbonyl (C=O) groups is 1. The lowest BCUT2D eigenvalue weighted by Crippen LogP contribution is -2.11. The van der Waals surface area contributed by atoms with Crippen molar-refractivity contribution in [2.45, 2.75) is 6.92 Å². The molecule has 1 aromatic carbocycles. The van der Waals surface area contributed by atoms with Gasteiger partial charge in [0, 0.05) is 11.8 Å². The Kier molecular flexibility index (Phi) is 4.82. The topological polar surface area (TPSA) is 73.3 Å². The smallest absolute Gasteiger partial charge is 0.362 e. The van der Waals surface area contributed by atoms with Gasteiger partial charge in [-0.05, 0) is 19.1 Å². The van der Waals surface area contributed by atoms with Gasteiger partial charge in [-0.15, -0.1) is 0 Å². The third kappa shape index (κ3) is 3.66. The van der Waals surface area contributed by atoms with Crippen LogP contribution in [0.15, 0.2) is 24.4 Å². The number of halogens is 2. The van der Waals surface area contributed by atoms with Gasteiger partial charge in [0.2, 0.25) is 11.6 Å². The number of aromatic nitrogens is 2. The van der Waals surface area contributed by atoms with Crippen molar-refractivity contribution in [3.63, 3.8) is 0 Å². The Morgan fingerprint density at radius 2 is 1.95 bits per heavy atom. The molecular weight excluding hydrogens is 296 g/mol. The first-order valence-electron chi connectivity index (χ1n) is 6.34. The van der Waals surface area contributed by atoms with Crippen molar-refractivity contribution < 1.29 is 23.0 Å². The standard InChI is InChI=1S/C14H13F2N3O3/c1-3-22-14(20)12-13(21-2)17-7-11(19-12)18-10-5-8(15)4-9(16)6-10/h4-7H,3H2,1-2H3,(H,18,19). The number of carbonyl (C=O) groups excluding carboxylic acids is 1. The Morgan fingerprint density at radius 3 is 2.55 bits per heavy atom. The molecule has 0 bridgehead atoms. The van der Waals surface area contributed by atoms with E-state index in [0.29, 0.717) is 0 Å². The highest BCUT2D eigenvalue weighted by molar-refractivity contribution is 5.90. The molecule has 0 unspecified atom stereocenters. The van der Waals surface area contributed by atoms with Crippen molar-refractivity contribution in [2.24, 2.45) is 0 Å². The summed E-state index contributed by atoms with van der Waals surface area (Å²) in [5, 5.41) is 2.66. The molecule has 2 aromatic rings. The monoisotopic (exact) mass is 309 g/mol. The van der Waals surface area contributed by atoms with E-state index in [9.17, 15) is 13.6 Å². The average molecular weight is 309 g/mol. The van der Waals surface area contributed by atoms with E-state index in [2.05, 4.69) is 15.3 Å². The maximum atomic E-state index is 13.1. The molecule has 116 valence electrons. The van der Waals surface area contributed by atoms with E-state index in [1.807, 2.05) is 0 Å². The number of nitrogens with zero attached hydrogens (tertiary/aromatic N) is 2. The van der Waals surface area contributed by atoms with Gasteiger partial charge in [0.15, 0.2) is 0 Å². The number of hydrogen-bond acceptors (Lipinski definition) is 6. The summed E-state index contributed by atoms with van der Waals surface area (Å²) in [5.74, 6) is -2.08. The van der Waals surface area contributed by atoms with Gasteiger partial charge in [-0.25, -0.2) is 23.5 Å². The van der Waals surface area contributed by atoms with Crippen molar-refractivity contribution in [3.05, 3.63) is 41.7 Å². The van der Waals surface area contributed by atoms with E-state index in [4.69, 9.17) is 9.47 Å². The largest absolute Gasteiger partial charge is 0.479 e. The predicted octanol–water partition coefficient (Wildman–Crippen LogP) is 2.68. The predicted molar refractivity (Wildman–Crippen MR) is 74.2 cm³/mol. The fraction of sp³-hybridized carbons (Fsp3) is 0.214. The third-order valence-corrected chi connectivity index (χ3v) is 2.54. The zero-order valence-corrected chi connectivity index (χ0v) is 11.9. The maximum absolute atomic E-state index is 13.1. The number of ether oxygens (including phenoxy) is 2. The van der Waals surface area contributed by atoms with Crippen molar-refractivity contribution in [3.8, 4) is 5.88 Å². The van der Waals surface area contributed by atoms with E-state index in [0.717, 1.165) is 18.2 Å². The normalized spacial score (nSPS) is 10.2. The van der Waals surface area contributed by atoms with Crippen LogP contribution in [0.2, 0.25) is 0 Å². The number of hydrogen-bond donors (Lipinski definition) is 1. The van der Waals surface area contributed by atoms with Crippen molar-refractivity contribution in [2.75, 3.05) is 19.0 Å². The summed E-state index contributed by atoms with van der Waals surface area (Å²) >= 11 is 0. The molecule has 0 aliphatic carbocycles. The van der Waals surface area contributed by atoms with Gasteiger partial charge in [0.05, 0.1) is 19.9 Å². The molecule has 22 heavy (non-hydrogen) atoms. The molecule has 0 spiro atoms. The fourth-order valence-electron chi connectivity index (χ4n) is 1.69. The van der Waals surface area contributed by atoms with Crippen LogP contribution in [-0.4, -0.2) is 29.7 Å². The van der Waals surface area contributed by atoms with Gasteiger partial charge in [0.1, 0.15) is 17.5 Å². The number of nitrogens with one attached hydrogen (secondary N) is 1. The van der Waals surface area contributed by atoms with Gasteiger partial charge >= 0.3 is 5.97 Å². The number of esters is 1. The van der Waals surface area contributed by atoms with Crippen LogP contribution in [-0.2, 0) is 4.74 Å². The lowest BCUT2D eigenvalue weighted by Gasteiger charge is -2.10. The van der Waals surface area contributed by atoms with Crippen molar-refractivity contribution >= 4 is 17.5 Å². The quantitative estimate of drug-likeness (QED) is 0.856. The van der Waals surface area contributed by atoms with Crippen LogP contribution in [0.4, 0.5) is 20.3 Å². The SMILES string of the molecule is CCOC(=O)c1nc(Nc2cc(F)cc(F)c2)cnc1OC. The summed E-state index contributed by atoms with van der Waals surface area (Å²) in [6.45, 7) is 1.81. The summed E-state index contributed by atoms with van der Waals surface area (Å²) < 4.78 is 36.1. The van der Waals surface area contributed by atoms with Crippen LogP contribution < -0.4 is 10.1 Å². The van der Waals surface area contributed by atoms with Crippen molar-refractivity contribution in [1.82, 2.24) is 9.97 Å². The molecule has 8 heteroatoms. The van der Waals surface area contributed by atoms with Gasteiger partial charge in [-0.3, -0.25) is 0 Å². The minimum atomic E-state index is -0.741. The van der Waals surface area contributed by atoms with Gasteiger partial charge in [-0.1, -0.05) is 0 Å². The molecular formula is C14H13F2N3O3. The van der Waals surface area contributed by atoms with Crippen LogP contribution in [0.25, 0.3) is 0 Å². The summed E-state index contributed by atoms with van der Waals surface area (Å²) in [7, 11) is 1.34. The van der Waals surface area contributed by atoms with Crippen LogP contribution in [0.3, 0.4) is 0 Å². The number of anilines is 2. The lowest BCUT2D eigenvalue weighted by atomic mass is 10.3. The third-order valence-electron chi connectivity index (χ3n) is 2.54. The molecule has 0 aliphatic heterocycles. The Morgan fingerprint density at radius 1 is 1.27 bits per heavy atom. The summed E-state index contributed by atoms with van der Waals surface area (Å²) in [5.41, 5.74) is -0.00185. The lowest BCUT2D eigenvalue weighted by molar-refractivity contribution is 0.0514. The second kappa shape index (κ2) is 6.79. The summed E-state index contributed by atoms with van der Waals surface area (Å²) in [4.78, 5) is 19.7. The molecule has 1 aromatic heterocycles. The Labute approximate surface area is 125 Å². The van der Waals surface area contributed by atoms with Gasteiger partial charge in [-0.2, -0.15) is 0 Å². The minimum absolute atomic E-state index is 0.00516. The zero-order valence-electron chi connectivity index (χ0n) is 11.9. The van der Waals surface area contributed by atoms with Crippen LogP contribution in [0, 0.1) is 11.6 Å². The molecule has 1 N–H and O–H groups in total. The second-order valence-corrected chi connectivity index (χ2v) is 4.12. The Balaban J connectivity index is 2.31. The molecule has 0 amide bonds. The molecule has 0 saturated heterocycles. The number of benzene rings is 1. The van der Waals surface area contributed by atoms with E-state index >= 15 is 0 Å². The highest BCUT2D eigenvalue weighted by Gasteiger charge is 2.18. The molecule has 2 rings (SSSR count). The average Bonchev–Trinajstić information content (AvgIpc) is 2.46. The van der Waals surface area contributed by atoms with E-state index in [1.165, 1.54) is 13.3 Å². The Bertz CT molecular complexity index is 675. The first-order valence-corrected chi connectivity index (χ1v) is 6.34. The van der Waals surface area contributed by atoms with Crippen LogP contribution in [0.5, 0.6) is 5.88 Å². The molecule has 6 nitrogen and oxygen atoms in total. The second-order valence-electron chi connectivity index (χ2n) is 4.12. The maximum Gasteiger partial charge on any atom is 0.362 e. The number of methoxy groups -OCH3 is 1. The number of rotatable bonds is 5. The summed E-state index contributed by atoms with van der Waals surface area (Å²) in [6.07, 6.45) is 1.27. The van der Waals surface area contributed by atoms with E-state index < -0.39 is 17.6 Å². The molecule has 1 heterocycles. The molecule has 0 aliphatic rings. The van der Waals surface area contributed by atoms with Gasteiger partial charge < -0.3 is 14.8 Å². The van der Waals surface area contributed by atoms with E-state index in [1.54, 1.807) is 6.92 Å². The first-order chi connectivity index (χ1) is 10.5. The molecule has 0 fully saturated rings. The van der Waals surface area contributed by atoms with Gasteiger partial charge in [0.25, 0.3) is 0 Å². The van der Waals surface area contributed by atoms with Crippen molar-refractivity contribution in [1.29, 1.82) is 0 Å². The summed E-state index contributed by atoms with van der Waals surface area (Å²) in [6, 6.07) is 2.91. The van der Waals surface area contributed by atoms with Crippen LogP contribution >= 0.6 is 0 Å². The molecule has 0 atom stereocenters. The zero-order chi connectivity index (χ0) is 16.1. The van der Waals surface area contributed by atoms with Crippen LogP contribution in [0.1, 0.15) is 17.4 Å². The Hall–Kier alpha value is -2.77. The highest BCUT2D eigenvalue weighted by atomic mass is 19.1. The minimum Gasteiger partial charge on any atom is -0.479 e. The molecule has 0 radical (unpaired) electrons. The highest BCUT2D eigenvalue weighted by Crippen LogP contribution is 2.20. The molecule has 0 saturated carbocycles. The van der Waals surface area contributed by atoms with E-state index in [-0.39, 0.29) is 29.7 Å². The fourth-order valence-corrected chi connectivity index (χ4v) is 1.69.